The Balaban J connectivity index is 1.81. The summed E-state index contributed by atoms with van der Waals surface area (Å²) >= 11 is 0. The van der Waals surface area contributed by atoms with Gasteiger partial charge in [0, 0.05) is 5.56 Å². The van der Waals surface area contributed by atoms with E-state index in [1.165, 1.54) is 0 Å². The van der Waals surface area contributed by atoms with Crippen LogP contribution in [0, 0.1) is 13.8 Å². The average molecular weight is 383 g/mol. The van der Waals surface area contributed by atoms with Crippen LogP contribution in [-0.2, 0) is 6.54 Å². The lowest BCUT2D eigenvalue weighted by Crippen LogP contribution is -2.30. The summed E-state index contributed by atoms with van der Waals surface area (Å²) in [6.07, 6.45) is 0. The summed E-state index contributed by atoms with van der Waals surface area (Å²) in [5.74, 6) is 0.283. The minimum absolute atomic E-state index is 0.140. The fraction of sp³-hybridized carbons (Fsp3) is 0.125. The van der Waals surface area contributed by atoms with Gasteiger partial charge in [0.15, 0.2) is 0 Å². The number of hydrogen-bond donors (Lipinski definition) is 1. The molecule has 5 heteroatoms. The van der Waals surface area contributed by atoms with Crippen molar-refractivity contribution in [3.63, 3.8) is 0 Å². The zero-order valence-electron chi connectivity index (χ0n) is 16.3. The number of hydrogen-bond acceptors (Lipinski definition) is 3. The number of para-hydroxylation sites is 1. The molecule has 0 spiro atoms. The zero-order chi connectivity index (χ0) is 20.4. The third-order valence-corrected chi connectivity index (χ3v) is 4.88. The van der Waals surface area contributed by atoms with Crippen LogP contribution in [-0.4, -0.2) is 15.5 Å². The van der Waals surface area contributed by atoms with E-state index in [9.17, 15) is 9.59 Å². The van der Waals surface area contributed by atoms with Gasteiger partial charge in [0.05, 0.1) is 23.1 Å². The fourth-order valence-electron chi connectivity index (χ4n) is 3.45. The number of fused-ring (bicyclic) bond motifs is 1. The first-order valence-corrected chi connectivity index (χ1v) is 9.46. The van der Waals surface area contributed by atoms with Crippen molar-refractivity contribution >= 4 is 16.8 Å². The summed E-state index contributed by atoms with van der Waals surface area (Å²) in [6, 6.07) is 22.2. The molecular weight excluding hydrogens is 362 g/mol. The van der Waals surface area contributed by atoms with Crippen molar-refractivity contribution in [2.24, 2.45) is 0 Å². The van der Waals surface area contributed by atoms with Crippen molar-refractivity contribution in [1.82, 2.24) is 14.9 Å². The molecule has 4 aromatic rings. The van der Waals surface area contributed by atoms with Crippen molar-refractivity contribution in [2.75, 3.05) is 0 Å². The Kier molecular flexibility index (Phi) is 4.96. The highest BCUT2D eigenvalue weighted by atomic mass is 16.1. The maximum Gasteiger partial charge on any atom is 0.266 e. The molecule has 0 aliphatic carbocycles. The van der Waals surface area contributed by atoms with Crippen LogP contribution in [0.5, 0.6) is 0 Å². The molecule has 1 amide bonds. The van der Waals surface area contributed by atoms with Gasteiger partial charge in [-0.05, 0) is 49.7 Å². The van der Waals surface area contributed by atoms with E-state index in [-0.39, 0.29) is 18.0 Å². The number of aryl methyl sites for hydroxylation is 2. The molecule has 1 N–H and O–H groups in total. The Bertz CT molecular complexity index is 1260. The molecule has 0 fully saturated rings. The first-order chi connectivity index (χ1) is 14.0. The number of aromatic nitrogens is 2. The average Bonchev–Trinajstić information content (AvgIpc) is 2.73. The van der Waals surface area contributed by atoms with E-state index in [2.05, 4.69) is 10.3 Å². The number of rotatable bonds is 4. The smallest absolute Gasteiger partial charge is 0.266 e. The molecule has 29 heavy (non-hydrogen) atoms. The van der Waals surface area contributed by atoms with Gasteiger partial charge in [-0.3, -0.25) is 14.2 Å². The van der Waals surface area contributed by atoms with Crippen LogP contribution >= 0.6 is 0 Å². The second-order valence-corrected chi connectivity index (χ2v) is 7.02. The second-order valence-electron chi connectivity index (χ2n) is 7.02. The number of carbonyl (C=O) groups excluding carboxylic acids is 1. The molecule has 0 aliphatic rings. The number of amides is 1. The SMILES string of the molecule is Cc1ccc(-n2c(CNC(=O)c3ccccc3)nc3ccccc3c2=O)c(C)c1. The maximum absolute atomic E-state index is 13.3. The van der Waals surface area contributed by atoms with Gasteiger partial charge >= 0.3 is 0 Å². The van der Waals surface area contributed by atoms with Crippen LogP contribution in [0.2, 0.25) is 0 Å². The fourth-order valence-corrected chi connectivity index (χ4v) is 3.45. The number of benzene rings is 3. The molecule has 0 atom stereocenters. The third kappa shape index (κ3) is 3.67. The number of carbonyl (C=O) groups is 1. The van der Waals surface area contributed by atoms with Gasteiger partial charge in [0.25, 0.3) is 11.5 Å². The largest absolute Gasteiger partial charge is 0.345 e. The van der Waals surface area contributed by atoms with Gasteiger partial charge in [-0.1, -0.05) is 48.0 Å². The van der Waals surface area contributed by atoms with E-state index in [1.807, 2.05) is 68.4 Å². The van der Waals surface area contributed by atoms with Crippen molar-refractivity contribution in [2.45, 2.75) is 20.4 Å². The lowest BCUT2D eigenvalue weighted by atomic mass is 10.1. The molecular formula is C24H21N3O2. The van der Waals surface area contributed by atoms with Crippen molar-refractivity contribution < 1.29 is 4.79 Å². The first kappa shape index (κ1) is 18.6. The first-order valence-electron chi connectivity index (χ1n) is 9.46. The second kappa shape index (κ2) is 7.72. The quantitative estimate of drug-likeness (QED) is 0.581. The zero-order valence-corrected chi connectivity index (χ0v) is 16.3. The molecule has 3 aromatic carbocycles. The topological polar surface area (TPSA) is 64.0 Å². The van der Waals surface area contributed by atoms with Gasteiger partial charge in [0.2, 0.25) is 0 Å². The molecule has 0 radical (unpaired) electrons. The van der Waals surface area contributed by atoms with E-state index >= 15 is 0 Å². The summed E-state index contributed by atoms with van der Waals surface area (Å²) in [7, 11) is 0. The highest BCUT2D eigenvalue weighted by molar-refractivity contribution is 5.94. The lowest BCUT2D eigenvalue weighted by molar-refractivity contribution is 0.0949. The summed E-state index contributed by atoms with van der Waals surface area (Å²) in [6.45, 7) is 4.12. The van der Waals surface area contributed by atoms with E-state index in [0.29, 0.717) is 22.3 Å². The molecule has 1 heterocycles. The highest BCUT2D eigenvalue weighted by Crippen LogP contribution is 2.18. The van der Waals surface area contributed by atoms with Crippen LogP contribution < -0.4 is 10.9 Å². The van der Waals surface area contributed by atoms with Gasteiger partial charge in [0.1, 0.15) is 5.82 Å². The molecule has 0 unspecified atom stereocenters. The summed E-state index contributed by atoms with van der Waals surface area (Å²) in [4.78, 5) is 30.5. The molecule has 0 aliphatic heterocycles. The highest BCUT2D eigenvalue weighted by Gasteiger charge is 2.15. The van der Waals surface area contributed by atoms with Gasteiger partial charge in [-0.25, -0.2) is 4.98 Å². The van der Waals surface area contributed by atoms with Gasteiger partial charge in [-0.15, -0.1) is 0 Å². The minimum atomic E-state index is -0.208. The number of nitrogens with one attached hydrogen (secondary N) is 1. The van der Waals surface area contributed by atoms with E-state index < -0.39 is 0 Å². The minimum Gasteiger partial charge on any atom is -0.345 e. The Morgan fingerprint density at radius 3 is 2.45 bits per heavy atom. The summed E-state index contributed by atoms with van der Waals surface area (Å²) < 4.78 is 1.60. The van der Waals surface area contributed by atoms with Crippen LogP contribution in [0.3, 0.4) is 0 Å². The van der Waals surface area contributed by atoms with Crippen LogP contribution in [0.25, 0.3) is 16.6 Å². The predicted octanol–water partition coefficient (Wildman–Crippen LogP) is 3.93. The maximum atomic E-state index is 13.3. The van der Waals surface area contributed by atoms with E-state index in [1.54, 1.807) is 22.8 Å². The van der Waals surface area contributed by atoms with Gasteiger partial charge in [-0.2, -0.15) is 0 Å². The van der Waals surface area contributed by atoms with Crippen LogP contribution in [0.1, 0.15) is 27.3 Å². The molecule has 5 nitrogen and oxygen atoms in total. The van der Waals surface area contributed by atoms with Crippen molar-refractivity contribution in [3.8, 4) is 5.69 Å². The Morgan fingerprint density at radius 1 is 0.966 bits per heavy atom. The predicted molar refractivity (Wildman–Crippen MR) is 114 cm³/mol. The van der Waals surface area contributed by atoms with Gasteiger partial charge < -0.3 is 5.32 Å². The Hall–Kier alpha value is -3.73. The van der Waals surface area contributed by atoms with Crippen LogP contribution in [0.4, 0.5) is 0 Å². The summed E-state index contributed by atoms with van der Waals surface area (Å²) in [5.41, 5.74) is 3.89. The Morgan fingerprint density at radius 2 is 1.69 bits per heavy atom. The van der Waals surface area contributed by atoms with E-state index in [0.717, 1.165) is 16.8 Å². The van der Waals surface area contributed by atoms with E-state index in [4.69, 9.17) is 0 Å². The molecule has 144 valence electrons. The molecule has 0 saturated heterocycles. The summed E-state index contributed by atoms with van der Waals surface area (Å²) in [5, 5.41) is 3.43. The third-order valence-electron chi connectivity index (χ3n) is 4.88. The lowest BCUT2D eigenvalue weighted by Gasteiger charge is -2.16. The standard InChI is InChI=1S/C24H21N3O2/c1-16-12-13-21(17(2)14-16)27-22(15-25-23(28)18-8-4-3-5-9-18)26-20-11-7-6-10-19(20)24(27)29/h3-14H,15H2,1-2H3,(H,25,28). The molecule has 0 saturated carbocycles. The van der Waals surface area contributed by atoms with Crippen LogP contribution in [0.15, 0.2) is 77.6 Å². The molecule has 4 rings (SSSR count). The Labute approximate surface area is 168 Å². The normalized spacial score (nSPS) is 10.8. The number of nitrogens with zero attached hydrogens (tertiary/aromatic N) is 2. The van der Waals surface area contributed by atoms with Crippen molar-refractivity contribution in [3.05, 3.63) is 106 Å². The monoisotopic (exact) mass is 383 g/mol. The molecule has 1 aromatic heterocycles. The van der Waals surface area contributed by atoms with Crippen molar-refractivity contribution in [1.29, 1.82) is 0 Å². The molecule has 0 bridgehead atoms.